The van der Waals surface area contributed by atoms with E-state index in [9.17, 15) is 4.79 Å². The largest absolute Gasteiger partial charge is 0.346 e. The van der Waals surface area contributed by atoms with Crippen LogP contribution in [0.1, 0.15) is 44.9 Å². The van der Waals surface area contributed by atoms with E-state index in [0.717, 1.165) is 19.1 Å². The van der Waals surface area contributed by atoms with Gasteiger partial charge in [-0.3, -0.25) is 4.79 Å². The number of aldehydes is 1. The van der Waals surface area contributed by atoms with Crippen LogP contribution in [0.3, 0.4) is 0 Å². The molecule has 2 unspecified atom stereocenters. The maximum absolute atomic E-state index is 11.1. The van der Waals surface area contributed by atoms with Crippen molar-refractivity contribution in [3.8, 4) is 0 Å². The van der Waals surface area contributed by atoms with E-state index in [1.807, 2.05) is 0 Å². The Morgan fingerprint density at radius 1 is 1.10 bits per heavy atom. The third-order valence-electron chi connectivity index (χ3n) is 4.74. The van der Waals surface area contributed by atoms with Gasteiger partial charge in [0.15, 0.2) is 6.29 Å². The molecule has 2 heterocycles. The van der Waals surface area contributed by atoms with Gasteiger partial charge in [-0.05, 0) is 36.5 Å². The van der Waals surface area contributed by atoms with Crippen LogP contribution in [-0.4, -0.2) is 30.0 Å². The van der Waals surface area contributed by atoms with Crippen LogP contribution >= 0.6 is 10.9 Å². The topological polar surface area (TPSA) is 35.5 Å². The molecule has 0 aromatic rings. The summed E-state index contributed by atoms with van der Waals surface area (Å²) in [7, 11) is -0.264. The van der Waals surface area contributed by atoms with Crippen molar-refractivity contribution in [1.29, 1.82) is 0 Å². The van der Waals surface area contributed by atoms with Crippen LogP contribution in [0.5, 0.6) is 0 Å². The lowest BCUT2D eigenvalue weighted by Crippen LogP contribution is -2.46. The molecule has 20 heavy (non-hydrogen) atoms. The molecule has 0 amide bonds. The van der Waals surface area contributed by atoms with E-state index in [1.54, 1.807) is 0 Å². The number of rotatable bonds is 3. The number of hydrogen-bond acceptors (Lipinski definition) is 3. The van der Waals surface area contributed by atoms with E-state index in [2.05, 4.69) is 23.0 Å². The number of hydrogen-bond donors (Lipinski definition) is 1. The van der Waals surface area contributed by atoms with Crippen LogP contribution in [-0.2, 0) is 14.3 Å². The van der Waals surface area contributed by atoms with E-state index in [-0.39, 0.29) is 21.7 Å². The molecule has 0 bridgehead atoms. The lowest BCUT2D eigenvalue weighted by molar-refractivity contribution is -0.168. The van der Waals surface area contributed by atoms with E-state index in [0.29, 0.717) is 6.61 Å². The number of ether oxygens (including phenoxy) is 2. The summed E-state index contributed by atoms with van der Waals surface area (Å²) < 4.78 is 11.8. The van der Waals surface area contributed by atoms with Gasteiger partial charge in [-0.1, -0.05) is 31.4 Å². The average molecular weight is 296 g/mol. The van der Waals surface area contributed by atoms with Gasteiger partial charge in [0, 0.05) is 4.75 Å². The average Bonchev–Trinajstić information content (AvgIpc) is 2.93. The summed E-state index contributed by atoms with van der Waals surface area (Å²) in [6.07, 6.45) is 13.0. The van der Waals surface area contributed by atoms with E-state index >= 15 is 0 Å². The molecule has 0 N–H and O–H groups in total. The molecule has 0 radical (unpaired) electrons. The summed E-state index contributed by atoms with van der Waals surface area (Å²) in [6, 6.07) is 0. The van der Waals surface area contributed by atoms with Crippen LogP contribution in [0, 0.1) is 0 Å². The Labute approximate surface area is 123 Å². The van der Waals surface area contributed by atoms with Crippen molar-refractivity contribution in [3.63, 3.8) is 0 Å². The van der Waals surface area contributed by atoms with Crippen LogP contribution in [0.4, 0.5) is 0 Å². The molecule has 4 heteroatoms. The first kappa shape index (κ1) is 14.4. The zero-order valence-electron chi connectivity index (χ0n) is 11.9. The second kappa shape index (κ2) is 6.46. The monoisotopic (exact) mass is 296 g/mol. The summed E-state index contributed by atoms with van der Waals surface area (Å²) in [5, 5.41) is 4.73. The minimum Gasteiger partial charge on any atom is -0.346 e. The zero-order chi connectivity index (χ0) is 13.8. The maximum Gasteiger partial charge on any atom is 0.214 e. The first-order chi connectivity index (χ1) is 9.85. The van der Waals surface area contributed by atoms with Crippen molar-refractivity contribution in [1.82, 2.24) is 0 Å². The van der Waals surface area contributed by atoms with Crippen molar-refractivity contribution in [2.45, 2.75) is 62.1 Å². The molecule has 0 spiro atoms. The van der Waals surface area contributed by atoms with E-state index in [4.69, 9.17) is 9.47 Å². The first-order valence-electron chi connectivity index (χ1n) is 7.71. The zero-order valence-corrected chi connectivity index (χ0v) is 12.8. The van der Waals surface area contributed by atoms with Gasteiger partial charge in [0.05, 0.1) is 12.7 Å². The van der Waals surface area contributed by atoms with Gasteiger partial charge in [-0.15, -0.1) is 0 Å². The van der Waals surface area contributed by atoms with Crippen molar-refractivity contribution in [2.24, 2.45) is 0 Å². The molecular weight excluding hydrogens is 272 g/mol. The van der Waals surface area contributed by atoms with Gasteiger partial charge in [0.1, 0.15) is 0 Å². The van der Waals surface area contributed by atoms with Crippen molar-refractivity contribution in [3.05, 3.63) is 23.0 Å². The maximum atomic E-state index is 11.1. The SMILES string of the molecule is O=CC1OCCCC(C2([SH]3C=CC=C3)CCCCC2)O1. The minimum atomic E-state index is -0.660. The fourth-order valence-corrected chi connectivity index (χ4v) is 6.36. The molecular formula is C16H24O3S. The molecule has 0 aromatic carbocycles. The Morgan fingerprint density at radius 2 is 1.85 bits per heavy atom. The second-order valence-corrected chi connectivity index (χ2v) is 8.20. The van der Waals surface area contributed by atoms with Crippen molar-refractivity contribution >= 4 is 17.2 Å². The van der Waals surface area contributed by atoms with Crippen LogP contribution in [0.2, 0.25) is 0 Å². The molecule has 2 aliphatic heterocycles. The van der Waals surface area contributed by atoms with Gasteiger partial charge in [-0.2, -0.15) is 0 Å². The predicted molar refractivity (Wildman–Crippen MR) is 83.0 cm³/mol. The van der Waals surface area contributed by atoms with E-state index < -0.39 is 6.29 Å². The standard InChI is InChI=1S/C16H24O3S/c17-13-15-18-10-6-7-14(19-15)16(8-2-1-3-9-16)20-11-4-5-12-20/h4-5,11-15,20H,1-3,6-10H2. The normalized spacial score (nSPS) is 34.9. The van der Waals surface area contributed by atoms with Crippen LogP contribution in [0.25, 0.3) is 0 Å². The van der Waals surface area contributed by atoms with Gasteiger partial charge < -0.3 is 9.47 Å². The molecule has 0 aromatic heterocycles. The summed E-state index contributed by atoms with van der Waals surface area (Å²) in [5.41, 5.74) is 0. The van der Waals surface area contributed by atoms with Crippen LogP contribution in [0.15, 0.2) is 23.0 Å². The highest BCUT2D eigenvalue weighted by Gasteiger charge is 2.45. The lowest BCUT2D eigenvalue weighted by Gasteiger charge is -2.48. The van der Waals surface area contributed by atoms with Gasteiger partial charge in [0.2, 0.25) is 6.29 Å². The fraction of sp³-hybridized carbons (Fsp3) is 0.688. The van der Waals surface area contributed by atoms with Crippen LogP contribution < -0.4 is 0 Å². The van der Waals surface area contributed by atoms with Gasteiger partial charge in [0.25, 0.3) is 0 Å². The molecule has 2 atom stereocenters. The van der Waals surface area contributed by atoms with Crippen molar-refractivity contribution in [2.75, 3.05) is 6.61 Å². The Kier molecular flexibility index (Phi) is 4.64. The smallest absolute Gasteiger partial charge is 0.214 e. The quantitative estimate of drug-likeness (QED) is 0.640. The molecule has 1 aliphatic carbocycles. The Balaban J connectivity index is 1.85. The van der Waals surface area contributed by atoms with E-state index in [1.165, 1.54) is 32.1 Å². The highest BCUT2D eigenvalue weighted by Crippen LogP contribution is 2.57. The Bertz CT molecular complexity index is 387. The molecule has 2 fully saturated rings. The highest BCUT2D eigenvalue weighted by atomic mass is 32.2. The predicted octanol–water partition coefficient (Wildman–Crippen LogP) is 3.45. The Morgan fingerprint density at radius 3 is 2.55 bits per heavy atom. The number of allylic oxidation sites excluding steroid dienone is 2. The summed E-state index contributed by atoms with van der Waals surface area (Å²) in [4.78, 5) is 11.1. The first-order valence-corrected chi connectivity index (χ1v) is 9.19. The third kappa shape index (κ3) is 2.74. The molecule has 3 rings (SSSR count). The lowest BCUT2D eigenvalue weighted by atomic mass is 9.82. The molecule has 3 nitrogen and oxygen atoms in total. The molecule has 1 saturated heterocycles. The number of carbonyl (C=O) groups excluding carboxylic acids is 1. The molecule has 112 valence electrons. The van der Waals surface area contributed by atoms with Crippen molar-refractivity contribution < 1.29 is 14.3 Å². The fourth-order valence-electron chi connectivity index (χ4n) is 3.75. The highest BCUT2D eigenvalue weighted by molar-refractivity contribution is 8.23. The minimum absolute atomic E-state index is 0.166. The third-order valence-corrected chi connectivity index (χ3v) is 7.49. The summed E-state index contributed by atoms with van der Waals surface area (Å²) in [6.45, 7) is 0.638. The molecule has 3 aliphatic rings. The Hall–Kier alpha value is -0.580. The summed E-state index contributed by atoms with van der Waals surface area (Å²) >= 11 is 0. The summed E-state index contributed by atoms with van der Waals surface area (Å²) in [5.74, 6) is 0. The van der Waals surface area contributed by atoms with Gasteiger partial charge in [-0.25, -0.2) is 10.9 Å². The number of thiol groups is 1. The van der Waals surface area contributed by atoms with Gasteiger partial charge >= 0.3 is 0 Å². The molecule has 1 saturated carbocycles. The second-order valence-electron chi connectivity index (χ2n) is 5.90. The number of carbonyl (C=O) groups is 1.